The van der Waals surface area contributed by atoms with Gasteiger partial charge in [-0.25, -0.2) is 9.97 Å². The van der Waals surface area contributed by atoms with Gasteiger partial charge < -0.3 is 14.8 Å². The molecule has 2 aromatic heterocycles. The van der Waals surface area contributed by atoms with Gasteiger partial charge in [0.2, 0.25) is 0 Å². The molecule has 3 heterocycles. The Morgan fingerprint density at radius 3 is 2.75 bits per heavy atom. The van der Waals surface area contributed by atoms with E-state index in [1.54, 1.807) is 6.20 Å². The molecule has 1 atom stereocenters. The fraction of sp³-hybridized carbons (Fsp3) is 0.409. The Labute approximate surface area is 164 Å². The SMILES string of the molecule is O=C(c1cnc2c(c1)ncn2C1CCCC1)N1CCNC(c2ccccc2)C1. The summed E-state index contributed by atoms with van der Waals surface area (Å²) in [5.41, 5.74) is 3.54. The van der Waals surface area contributed by atoms with Crippen molar-refractivity contribution in [3.63, 3.8) is 0 Å². The van der Waals surface area contributed by atoms with E-state index in [1.165, 1.54) is 31.2 Å². The van der Waals surface area contributed by atoms with Gasteiger partial charge in [0.1, 0.15) is 5.52 Å². The molecule has 1 saturated heterocycles. The topological polar surface area (TPSA) is 63.1 Å². The fourth-order valence-corrected chi connectivity index (χ4v) is 4.51. The lowest BCUT2D eigenvalue weighted by molar-refractivity contribution is 0.0702. The lowest BCUT2D eigenvalue weighted by Crippen LogP contribution is -2.48. The first kappa shape index (κ1) is 17.4. The summed E-state index contributed by atoms with van der Waals surface area (Å²) in [6, 6.07) is 12.9. The number of aromatic nitrogens is 3. The zero-order valence-corrected chi connectivity index (χ0v) is 15.9. The minimum Gasteiger partial charge on any atom is -0.335 e. The van der Waals surface area contributed by atoms with Gasteiger partial charge in [0, 0.05) is 37.9 Å². The van der Waals surface area contributed by atoms with Crippen LogP contribution in [0.4, 0.5) is 0 Å². The van der Waals surface area contributed by atoms with Crippen molar-refractivity contribution in [2.45, 2.75) is 37.8 Å². The molecule has 1 saturated carbocycles. The van der Waals surface area contributed by atoms with Crippen molar-refractivity contribution in [3.05, 3.63) is 60.0 Å². The quantitative estimate of drug-likeness (QED) is 0.763. The van der Waals surface area contributed by atoms with Crippen molar-refractivity contribution in [1.82, 2.24) is 24.8 Å². The van der Waals surface area contributed by atoms with Crippen molar-refractivity contribution in [2.24, 2.45) is 0 Å². The molecule has 0 bridgehead atoms. The van der Waals surface area contributed by atoms with E-state index in [-0.39, 0.29) is 11.9 Å². The number of fused-ring (bicyclic) bond motifs is 1. The minimum absolute atomic E-state index is 0.0345. The van der Waals surface area contributed by atoms with Crippen LogP contribution in [0.5, 0.6) is 0 Å². The second-order valence-electron chi connectivity index (χ2n) is 7.83. The van der Waals surface area contributed by atoms with Crippen LogP contribution in [0, 0.1) is 0 Å². The summed E-state index contributed by atoms with van der Waals surface area (Å²) in [4.78, 5) is 24.2. The lowest BCUT2D eigenvalue weighted by atomic mass is 10.0. The molecule has 1 aliphatic carbocycles. The Morgan fingerprint density at radius 1 is 1.11 bits per heavy atom. The van der Waals surface area contributed by atoms with Crippen LogP contribution in [0.15, 0.2) is 48.9 Å². The standard InChI is InChI=1S/C22H25N5O/c28-22(26-11-10-23-20(14-26)16-6-2-1-3-7-16)17-12-19-21(24-13-17)27(15-25-19)18-8-4-5-9-18/h1-3,6-7,12-13,15,18,20,23H,4-5,8-11,14H2. The number of nitrogens with one attached hydrogen (secondary N) is 1. The van der Waals surface area contributed by atoms with Crippen molar-refractivity contribution in [1.29, 1.82) is 0 Å². The van der Waals surface area contributed by atoms with E-state index in [2.05, 4.69) is 32.0 Å². The molecule has 0 radical (unpaired) electrons. The fourth-order valence-electron chi connectivity index (χ4n) is 4.51. The van der Waals surface area contributed by atoms with Crippen LogP contribution in [0.2, 0.25) is 0 Å². The monoisotopic (exact) mass is 375 g/mol. The van der Waals surface area contributed by atoms with Crippen LogP contribution in [0.1, 0.15) is 53.7 Å². The van der Waals surface area contributed by atoms with Crippen molar-refractivity contribution < 1.29 is 4.79 Å². The van der Waals surface area contributed by atoms with E-state index < -0.39 is 0 Å². The van der Waals surface area contributed by atoms with Gasteiger partial charge >= 0.3 is 0 Å². The van der Waals surface area contributed by atoms with Crippen molar-refractivity contribution in [2.75, 3.05) is 19.6 Å². The van der Waals surface area contributed by atoms with Crippen LogP contribution in [0.3, 0.4) is 0 Å². The Balaban J connectivity index is 1.36. The van der Waals surface area contributed by atoms with E-state index in [9.17, 15) is 4.79 Å². The molecule has 1 aromatic carbocycles. The average Bonchev–Trinajstić information content (AvgIpc) is 3.43. The molecule has 28 heavy (non-hydrogen) atoms. The third-order valence-corrected chi connectivity index (χ3v) is 6.04. The highest BCUT2D eigenvalue weighted by atomic mass is 16.2. The summed E-state index contributed by atoms with van der Waals surface area (Å²) < 4.78 is 2.19. The Morgan fingerprint density at radius 2 is 1.93 bits per heavy atom. The zero-order valence-electron chi connectivity index (χ0n) is 15.9. The van der Waals surface area contributed by atoms with Crippen LogP contribution in [0.25, 0.3) is 11.2 Å². The summed E-state index contributed by atoms with van der Waals surface area (Å²) >= 11 is 0. The highest BCUT2D eigenvalue weighted by molar-refractivity contribution is 5.96. The first-order chi connectivity index (χ1) is 13.8. The number of amides is 1. The first-order valence-corrected chi connectivity index (χ1v) is 10.2. The van der Waals surface area contributed by atoms with E-state index in [0.29, 0.717) is 24.7 Å². The van der Waals surface area contributed by atoms with Gasteiger partial charge in [0.05, 0.1) is 11.9 Å². The number of hydrogen-bond donors (Lipinski definition) is 1. The van der Waals surface area contributed by atoms with E-state index in [4.69, 9.17) is 0 Å². The maximum absolute atomic E-state index is 13.1. The van der Waals surface area contributed by atoms with E-state index in [0.717, 1.165) is 17.7 Å². The number of benzene rings is 1. The van der Waals surface area contributed by atoms with Gasteiger partial charge in [-0.1, -0.05) is 43.2 Å². The average molecular weight is 375 g/mol. The molecular formula is C22H25N5O. The Kier molecular flexibility index (Phi) is 4.56. The zero-order chi connectivity index (χ0) is 18.9. The van der Waals surface area contributed by atoms with E-state index >= 15 is 0 Å². The van der Waals surface area contributed by atoms with Crippen LogP contribution >= 0.6 is 0 Å². The van der Waals surface area contributed by atoms with Crippen LogP contribution < -0.4 is 5.32 Å². The lowest BCUT2D eigenvalue weighted by Gasteiger charge is -2.34. The smallest absolute Gasteiger partial charge is 0.255 e. The Bertz CT molecular complexity index is 977. The second-order valence-corrected chi connectivity index (χ2v) is 7.83. The van der Waals surface area contributed by atoms with Gasteiger partial charge in [-0.15, -0.1) is 0 Å². The van der Waals surface area contributed by atoms with Gasteiger partial charge in [0.15, 0.2) is 5.65 Å². The predicted octanol–water partition coefficient (Wildman–Crippen LogP) is 3.33. The molecule has 5 rings (SSSR count). The van der Waals surface area contributed by atoms with Gasteiger partial charge in [0.25, 0.3) is 5.91 Å². The predicted molar refractivity (Wildman–Crippen MR) is 108 cm³/mol. The molecule has 2 aliphatic rings. The number of rotatable bonds is 3. The third kappa shape index (κ3) is 3.18. The summed E-state index contributed by atoms with van der Waals surface area (Å²) in [6.07, 6.45) is 8.53. The summed E-state index contributed by atoms with van der Waals surface area (Å²) in [5.74, 6) is 0.0345. The van der Waals surface area contributed by atoms with Gasteiger partial charge in [-0.3, -0.25) is 4.79 Å². The molecule has 1 N–H and O–H groups in total. The molecule has 1 unspecified atom stereocenters. The maximum atomic E-state index is 13.1. The van der Waals surface area contributed by atoms with E-state index in [1.807, 2.05) is 35.5 Å². The molecule has 1 aliphatic heterocycles. The molecule has 6 heteroatoms. The molecular weight excluding hydrogens is 350 g/mol. The molecule has 1 amide bonds. The molecule has 3 aromatic rings. The number of carbonyl (C=O) groups is 1. The highest BCUT2D eigenvalue weighted by Gasteiger charge is 2.26. The molecule has 2 fully saturated rings. The number of piperazine rings is 1. The van der Waals surface area contributed by atoms with Gasteiger partial charge in [-0.05, 0) is 24.5 Å². The first-order valence-electron chi connectivity index (χ1n) is 10.2. The van der Waals surface area contributed by atoms with Crippen LogP contribution in [-0.4, -0.2) is 45.0 Å². The van der Waals surface area contributed by atoms with Crippen LogP contribution in [-0.2, 0) is 0 Å². The number of imidazole rings is 1. The molecule has 6 nitrogen and oxygen atoms in total. The number of hydrogen-bond acceptors (Lipinski definition) is 4. The summed E-state index contributed by atoms with van der Waals surface area (Å²) in [6.45, 7) is 2.16. The number of carbonyl (C=O) groups excluding carboxylic acids is 1. The Hall–Kier alpha value is -2.73. The second kappa shape index (κ2) is 7.36. The normalized spacial score (nSPS) is 20.7. The number of pyridine rings is 1. The maximum Gasteiger partial charge on any atom is 0.255 e. The largest absolute Gasteiger partial charge is 0.335 e. The number of nitrogens with zero attached hydrogens (tertiary/aromatic N) is 4. The molecule has 144 valence electrons. The van der Waals surface area contributed by atoms with Crippen molar-refractivity contribution >= 4 is 17.1 Å². The summed E-state index contributed by atoms with van der Waals surface area (Å²) in [5, 5.41) is 3.51. The summed E-state index contributed by atoms with van der Waals surface area (Å²) in [7, 11) is 0. The van der Waals surface area contributed by atoms with Crippen molar-refractivity contribution in [3.8, 4) is 0 Å². The third-order valence-electron chi connectivity index (χ3n) is 6.04. The minimum atomic E-state index is 0.0345. The van der Waals surface area contributed by atoms with Gasteiger partial charge in [-0.2, -0.15) is 0 Å². The molecule has 0 spiro atoms. The highest BCUT2D eigenvalue weighted by Crippen LogP contribution is 2.31.